The van der Waals surface area contributed by atoms with E-state index in [9.17, 15) is 30.0 Å². The van der Waals surface area contributed by atoms with Crippen molar-refractivity contribution in [1.29, 1.82) is 0 Å². The zero-order chi connectivity index (χ0) is 37.4. The first-order valence-corrected chi connectivity index (χ1v) is 20.4. The van der Waals surface area contributed by atoms with Crippen LogP contribution >= 0.6 is 0 Å². The molecule has 0 radical (unpaired) electrons. The van der Waals surface area contributed by atoms with Gasteiger partial charge in [-0.2, -0.15) is 0 Å². The SMILES string of the molecule is CCCCCC/C=C\CCCCCCCC(=O)OC[C@H](COC1OC(CO)C(O)C(O)C1O)OC(=O)CCCCCCC/C=C\CCCCCC. The van der Waals surface area contributed by atoms with Crippen LogP contribution in [-0.2, 0) is 28.5 Å². The Morgan fingerprint density at radius 1 is 0.588 bits per heavy atom. The van der Waals surface area contributed by atoms with Crippen molar-refractivity contribution in [3.8, 4) is 0 Å². The molecule has 10 nitrogen and oxygen atoms in total. The zero-order valence-electron chi connectivity index (χ0n) is 32.1. The molecule has 0 bridgehead atoms. The van der Waals surface area contributed by atoms with Crippen molar-refractivity contribution in [2.75, 3.05) is 19.8 Å². The van der Waals surface area contributed by atoms with Gasteiger partial charge in [0.15, 0.2) is 12.4 Å². The maximum atomic E-state index is 12.7. The number of esters is 2. The Labute approximate surface area is 309 Å². The lowest BCUT2D eigenvalue weighted by atomic mass is 9.99. The molecule has 0 saturated carbocycles. The number of aliphatic hydroxyl groups excluding tert-OH is 4. The van der Waals surface area contributed by atoms with E-state index in [-0.39, 0.29) is 32.0 Å². The first-order valence-electron chi connectivity index (χ1n) is 20.4. The summed E-state index contributed by atoms with van der Waals surface area (Å²) in [5, 5.41) is 39.9. The van der Waals surface area contributed by atoms with Gasteiger partial charge in [0, 0.05) is 12.8 Å². The molecule has 0 spiro atoms. The van der Waals surface area contributed by atoms with Gasteiger partial charge in [-0.05, 0) is 64.2 Å². The summed E-state index contributed by atoms with van der Waals surface area (Å²) in [6.07, 6.45) is 26.1. The molecule has 1 fully saturated rings. The highest BCUT2D eigenvalue weighted by Crippen LogP contribution is 2.22. The van der Waals surface area contributed by atoms with E-state index in [1.807, 2.05) is 0 Å². The number of aliphatic hydroxyl groups is 4. The molecule has 0 amide bonds. The molecule has 5 unspecified atom stereocenters. The molecule has 4 N–H and O–H groups in total. The van der Waals surface area contributed by atoms with Crippen LogP contribution in [0.4, 0.5) is 0 Å². The van der Waals surface area contributed by atoms with Crippen LogP contribution in [0.3, 0.4) is 0 Å². The van der Waals surface area contributed by atoms with Crippen LogP contribution in [-0.4, -0.2) is 89.0 Å². The highest BCUT2D eigenvalue weighted by Gasteiger charge is 2.44. The van der Waals surface area contributed by atoms with Crippen LogP contribution in [0.15, 0.2) is 24.3 Å². The van der Waals surface area contributed by atoms with Gasteiger partial charge in [-0.1, -0.05) is 115 Å². The highest BCUT2D eigenvalue weighted by molar-refractivity contribution is 5.70. The van der Waals surface area contributed by atoms with E-state index in [2.05, 4.69) is 38.2 Å². The summed E-state index contributed by atoms with van der Waals surface area (Å²) in [7, 11) is 0. The molecular formula is C41H74O10. The van der Waals surface area contributed by atoms with Gasteiger partial charge >= 0.3 is 11.9 Å². The Morgan fingerprint density at radius 3 is 1.53 bits per heavy atom. The fourth-order valence-corrected chi connectivity index (χ4v) is 6.00. The third kappa shape index (κ3) is 24.9. The van der Waals surface area contributed by atoms with Crippen molar-refractivity contribution in [3.05, 3.63) is 24.3 Å². The first kappa shape index (κ1) is 47.2. The Hall–Kier alpha value is -1.82. The summed E-state index contributed by atoms with van der Waals surface area (Å²) in [6, 6.07) is 0. The number of unbranched alkanes of at least 4 members (excludes halogenated alkanes) is 18. The van der Waals surface area contributed by atoms with Crippen molar-refractivity contribution < 1.29 is 49.0 Å². The third-order valence-corrected chi connectivity index (χ3v) is 9.31. The van der Waals surface area contributed by atoms with Crippen LogP contribution in [0.1, 0.15) is 168 Å². The van der Waals surface area contributed by atoms with E-state index in [4.69, 9.17) is 18.9 Å². The summed E-state index contributed by atoms with van der Waals surface area (Å²) >= 11 is 0. The van der Waals surface area contributed by atoms with E-state index < -0.39 is 49.4 Å². The molecule has 1 aliphatic heterocycles. The van der Waals surface area contributed by atoms with Crippen LogP contribution in [0.2, 0.25) is 0 Å². The van der Waals surface area contributed by atoms with Gasteiger partial charge < -0.3 is 39.4 Å². The standard InChI is InChI=1S/C41H74O10/c1-3-5-7-9-11-13-15-17-19-21-23-25-27-29-36(43)48-32-34(33-49-41-40(47)39(46)38(45)35(31-42)51-41)50-37(44)30-28-26-24-22-20-18-16-14-12-10-8-6-4-2/h13-16,34-35,38-42,45-47H,3-12,17-33H2,1-2H3/b15-13-,16-14-/t34-,35?,38?,39?,40?,41?/m1/s1. The van der Waals surface area contributed by atoms with Crippen molar-refractivity contribution in [3.63, 3.8) is 0 Å². The van der Waals surface area contributed by atoms with E-state index in [1.165, 1.54) is 57.8 Å². The van der Waals surface area contributed by atoms with Crippen LogP contribution < -0.4 is 0 Å². The molecule has 0 aromatic heterocycles. The lowest BCUT2D eigenvalue weighted by Gasteiger charge is -2.39. The summed E-state index contributed by atoms with van der Waals surface area (Å²) in [5.41, 5.74) is 0. The number of rotatable bonds is 33. The average molecular weight is 727 g/mol. The zero-order valence-corrected chi connectivity index (χ0v) is 32.1. The molecule has 298 valence electrons. The minimum atomic E-state index is -1.59. The molecule has 0 aromatic rings. The molecule has 6 atom stereocenters. The summed E-state index contributed by atoms with van der Waals surface area (Å²) in [6.45, 7) is 3.36. The fraction of sp³-hybridized carbons (Fsp3) is 0.854. The van der Waals surface area contributed by atoms with E-state index in [0.717, 1.165) is 70.6 Å². The van der Waals surface area contributed by atoms with Gasteiger partial charge in [0.2, 0.25) is 0 Å². The van der Waals surface area contributed by atoms with Crippen LogP contribution in [0.5, 0.6) is 0 Å². The second kappa shape index (κ2) is 32.8. The maximum absolute atomic E-state index is 12.7. The largest absolute Gasteiger partial charge is 0.462 e. The number of hydrogen-bond donors (Lipinski definition) is 4. The summed E-state index contributed by atoms with van der Waals surface area (Å²) in [4.78, 5) is 25.2. The molecule has 51 heavy (non-hydrogen) atoms. The molecule has 10 heteroatoms. The predicted molar refractivity (Wildman–Crippen MR) is 201 cm³/mol. The Balaban J connectivity index is 2.39. The summed E-state index contributed by atoms with van der Waals surface area (Å²) in [5.74, 6) is -0.827. The van der Waals surface area contributed by atoms with Crippen molar-refractivity contribution in [2.45, 2.75) is 205 Å². The summed E-state index contributed by atoms with van der Waals surface area (Å²) < 4.78 is 22.1. The van der Waals surface area contributed by atoms with Gasteiger partial charge in [0.1, 0.15) is 31.0 Å². The van der Waals surface area contributed by atoms with Gasteiger partial charge in [-0.25, -0.2) is 0 Å². The lowest BCUT2D eigenvalue weighted by Crippen LogP contribution is -2.59. The second-order valence-electron chi connectivity index (χ2n) is 14.1. The first-order chi connectivity index (χ1) is 24.8. The Bertz CT molecular complexity index is 892. The average Bonchev–Trinajstić information content (AvgIpc) is 3.13. The molecule has 0 aromatic carbocycles. The Morgan fingerprint density at radius 2 is 1.04 bits per heavy atom. The van der Waals surface area contributed by atoms with Crippen molar-refractivity contribution in [2.24, 2.45) is 0 Å². The predicted octanol–water partition coefficient (Wildman–Crippen LogP) is 7.77. The monoisotopic (exact) mass is 727 g/mol. The van der Waals surface area contributed by atoms with Gasteiger partial charge in [-0.15, -0.1) is 0 Å². The smallest absolute Gasteiger partial charge is 0.306 e. The Kier molecular flexibility index (Phi) is 30.4. The number of ether oxygens (including phenoxy) is 4. The van der Waals surface area contributed by atoms with E-state index in [1.54, 1.807) is 0 Å². The molecular weight excluding hydrogens is 652 g/mol. The van der Waals surface area contributed by atoms with Crippen molar-refractivity contribution in [1.82, 2.24) is 0 Å². The molecule has 1 aliphatic rings. The quantitative estimate of drug-likeness (QED) is 0.0300. The fourth-order valence-electron chi connectivity index (χ4n) is 6.00. The van der Waals surface area contributed by atoms with Crippen LogP contribution in [0, 0.1) is 0 Å². The second-order valence-corrected chi connectivity index (χ2v) is 14.1. The number of allylic oxidation sites excluding steroid dienone is 4. The maximum Gasteiger partial charge on any atom is 0.306 e. The molecule has 1 rings (SSSR count). The lowest BCUT2D eigenvalue weighted by molar-refractivity contribution is -0.305. The van der Waals surface area contributed by atoms with Gasteiger partial charge in [0.05, 0.1) is 13.2 Å². The minimum Gasteiger partial charge on any atom is -0.462 e. The number of carbonyl (C=O) groups is 2. The molecule has 1 saturated heterocycles. The van der Waals surface area contributed by atoms with Gasteiger partial charge in [-0.3, -0.25) is 9.59 Å². The minimum absolute atomic E-state index is 0.219. The normalized spacial score (nSPS) is 21.4. The van der Waals surface area contributed by atoms with Crippen LogP contribution in [0.25, 0.3) is 0 Å². The van der Waals surface area contributed by atoms with Gasteiger partial charge in [0.25, 0.3) is 0 Å². The van der Waals surface area contributed by atoms with E-state index in [0.29, 0.717) is 12.8 Å². The molecule has 1 heterocycles. The van der Waals surface area contributed by atoms with E-state index >= 15 is 0 Å². The molecule has 0 aliphatic carbocycles. The number of carbonyl (C=O) groups excluding carboxylic acids is 2. The topological polar surface area (TPSA) is 152 Å². The number of hydrogen-bond acceptors (Lipinski definition) is 10. The third-order valence-electron chi connectivity index (χ3n) is 9.31. The highest BCUT2D eigenvalue weighted by atomic mass is 16.7. The van der Waals surface area contributed by atoms with Crippen molar-refractivity contribution >= 4 is 11.9 Å².